The molecular weight excluding hydrogens is 376 g/mol. The first-order valence-electron chi connectivity index (χ1n) is 7.87. The largest absolute Gasteiger partial charge is 0.224 e. The highest BCUT2D eigenvalue weighted by Crippen LogP contribution is 2.16. The Morgan fingerprint density at radius 1 is 0.640 bits per heavy atom. The van der Waals surface area contributed by atoms with Crippen LogP contribution in [0.25, 0.3) is 0 Å². The van der Waals surface area contributed by atoms with Crippen LogP contribution in [0.15, 0.2) is 58.3 Å². The molecule has 0 N–H and O–H groups in total. The van der Waals surface area contributed by atoms with E-state index in [0.29, 0.717) is 21.3 Å². The van der Waals surface area contributed by atoms with Gasteiger partial charge < -0.3 is 0 Å². The summed E-state index contributed by atoms with van der Waals surface area (Å²) in [6.07, 6.45) is 0. The average molecular weight is 399 g/mol. The molecule has 0 saturated carbocycles. The van der Waals surface area contributed by atoms with Gasteiger partial charge in [0.25, 0.3) is 0 Å². The summed E-state index contributed by atoms with van der Waals surface area (Å²) in [6, 6.07) is 13.5. The smallest absolute Gasteiger partial charge is 0.179 e. The highest BCUT2D eigenvalue weighted by atomic mass is 32.2. The van der Waals surface area contributed by atoms with Gasteiger partial charge in [-0.2, -0.15) is 11.8 Å². The van der Waals surface area contributed by atoms with Crippen LogP contribution in [0.1, 0.15) is 11.1 Å². The van der Waals surface area contributed by atoms with Gasteiger partial charge in [-0.3, -0.25) is 0 Å². The number of rotatable bonds is 8. The zero-order valence-electron chi connectivity index (χ0n) is 14.3. The number of thioether (sulfide) groups is 1. The summed E-state index contributed by atoms with van der Waals surface area (Å²) < 4.78 is 48.9. The van der Waals surface area contributed by atoms with Gasteiger partial charge in [0, 0.05) is 11.5 Å². The van der Waals surface area contributed by atoms with Crippen LogP contribution in [0, 0.1) is 13.8 Å². The normalized spacial score (nSPS) is 12.2. The molecule has 0 saturated heterocycles. The van der Waals surface area contributed by atoms with E-state index in [-0.39, 0.29) is 11.5 Å². The third-order valence-corrected chi connectivity index (χ3v) is 8.72. The summed E-state index contributed by atoms with van der Waals surface area (Å²) in [5.41, 5.74) is 2.02. The van der Waals surface area contributed by atoms with Crippen LogP contribution in [-0.4, -0.2) is 39.8 Å². The Balaban J connectivity index is 1.83. The average Bonchev–Trinajstić information content (AvgIpc) is 2.55. The lowest BCUT2D eigenvalue weighted by molar-refractivity contribution is 0.596. The Kier molecular flexibility index (Phi) is 6.71. The lowest BCUT2D eigenvalue weighted by atomic mass is 10.2. The monoisotopic (exact) mass is 398 g/mol. The van der Waals surface area contributed by atoms with Gasteiger partial charge in [0.1, 0.15) is 0 Å². The number of aryl methyl sites for hydroxylation is 2. The molecule has 136 valence electrons. The van der Waals surface area contributed by atoms with Gasteiger partial charge in [0.2, 0.25) is 0 Å². The van der Waals surface area contributed by atoms with Crippen molar-refractivity contribution in [2.45, 2.75) is 23.6 Å². The van der Waals surface area contributed by atoms with E-state index in [0.717, 1.165) is 11.1 Å². The van der Waals surface area contributed by atoms with E-state index in [1.807, 2.05) is 13.8 Å². The van der Waals surface area contributed by atoms with Crippen molar-refractivity contribution in [3.8, 4) is 0 Å². The molecule has 0 amide bonds. The summed E-state index contributed by atoms with van der Waals surface area (Å²) in [7, 11) is -6.64. The number of benzene rings is 2. The molecule has 0 unspecified atom stereocenters. The van der Waals surface area contributed by atoms with E-state index in [1.165, 1.54) is 11.8 Å². The van der Waals surface area contributed by atoms with E-state index in [2.05, 4.69) is 0 Å². The van der Waals surface area contributed by atoms with Gasteiger partial charge in [-0.15, -0.1) is 0 Å². The first-order chi connectivity index (χ1) is 11.7. The fourth-order valence-electron chi connectivity index (χ4n) is 2.17. The molecule has 25 heavy (non-hydrogen) atoms. The molecule has 0 aliphatic rings. The first-order valence-corrected chi connectivity index (χ1v) is 12.3. The molecule has 0 aliphatic heterocycles. The number of hydrogen-bond donors (Lipinski definition) is 0. The summed E-state index contributed by atoms with van der Waals surface area (Å²) in [5.74, 6) is 0.760. The van der Waals surface area contributed by atoms with E-state index < -0.39 is 19.7 Å². The molecule has 0 aliphatic carbocycles. The Morgan fingerprint density at radius 2 is 0.960 bits per heavy atom. The van der Waals surface area contributed by atoms with Gasteiger partial charge in [0.05, 0.1) is 21.3 Å². The summed E-state index contributed by atoms with van der Waals surface area (Å²) in [6.45, 7) is 3.81. The number of hydrogen-bond acceptors (Lipinski definition) is 5. The second kappa shape index (κ2) is 8.38. The lowest BCUT2D eigenvalue weighted by Crippen LogP contribution is -2.12. The fraction of sp³-hybridized carbons (Fsp3) is 0.333. The Bertz CT molecular complexity index is 820. The summed E-state index contributed by atoms with van der Waals surface area (Å²) in [4.78, 5) is 0.622. The van der Waals surface area contributed by atoms with Crippen LogP contribution >= 0.6 is 11.8 Å². The number of sulfone groups is 2. The molecule has 0 bridgehead atoms. The van der Waals surface area contributed by atoms with Gasteiger partial charge >= 0.3 is 0 Å². The van der Waals surface area contributed by atoms with Crippen molar-refractivity contribution in [2.75, 3.05) is 23.0 Å². The van der Waals surface area contributed by atoms with Crippen molar-refractivity contribution >= 4 is 31.4 Å². The molecule has 2 aromatic carbocycles. The van der Waals surface area contributed by atoms with Crippen molar-refractivity contribution in [1.82, 2.24) is 0 Å². The molecule has 0 radical (unpaired) electrons. The molecule has 0 fully saturated rings. The van der Waals surface area contributed by atoms with Crippen LogP contribution in [0.5, 0.6) is 0 Å². The zero-order chi connectivity index (χ0) is 18.5. The third kappa shape index (κ3) is 5.87. The highest BCUT2D eigenvalue weighted by Gasteiger charge is 2.16. The van der Waals surface area contributed by atoms with Crippen LogP contribution in [0.4, 0.5) is 0 Å². The van der Waals surface area contributed by atoms with Gasteiger partial charge in [-0.05, 0) is 38.1 Å². The molecule has 7 heteroatoms. The van der Waals surface area contributed by atoms with Crippen molar-refractivity contribution in [3.05, 3.63) is 59.7 Å². The molecule has 4 nitrogen and oxygen atoms in total. The predicted molar refractivity (Wildman–Crippen MR) is 104 cm³/mol. The Morgan fingerprint density at radius 3 is 1.28 bits per heavy atom. The maximum absolute atomic E-state index is 12.2. The quantitative estimate of drug-likeness (QED) is 0.638. The second-order valence-electron chi connectivity index (χ2n) is 5.88. The highest BCUT2D eigenvalue weighted by molar-refractivity contribution is 8.01. The maximum atomic E-state index is 12.2. The molecule has 0 heterocycles. The minimum Gasteiger partial charge on any atom is -0.224 e. The van der Waals surface area contributed by atoms with E-state index in [9.17, 15) is 16.8 Å². The molecule has 2 rings (SSSR count). The van der Waals surface area contributed by atoms with E-state index in [4.69, 9.17) is 0 Å². The molecular formula is C18H22O4S3. The first kappa shape index (κ1) is 20.0. The van der Waals surface area contributed by atoms with E-state index in [1.54, 1.807) is 48.5 Å². The van der Waals surface area contributed by atoms with Gasteiger partial charge in [0.15, 0.2) is 19.7 Å². The second-order valence-corrected chi connectivity index (χ2v) is 11.3. The zero-order valence-corrected chi connectivity index (χ0v) is 16.8. The molecule has 0 atom stereocenters. The predicted octanol–water partition coefficient (Wildman–Crippen LogP) is 3.28. The van der Waals surface area contributed by atoms with Gasteiger partial charge in [-0.25, -0.2) is 16.8 Å². The van der Waals surface area contributed by atoms with Crippen molar-refractivity contribution < 1.29 is 16.8 Å². The summed E-state index contributed by atoms with van der Waals surface area (Å²) in [5, 5.41) is 0. The molecule has 0 aromatic heterocycles. The van der Waals surface area contributed by atoms with Crippen molar-refractivity contribution in [1.29, 1.82) is 0 Å². The summed E-state index contributed by atoms with van der Waals surface area (Å²) >= 11 is 1.34. The SMILES string of the molecule is Cc1ccc(S(=O)(=O)CCSCCS(=O)(=O)c2ccc(C)cc2)cc1. The van der Waals surface area contributed by atoms with Crippen molar-refractivity contribution in [3.63, 3.8) is 0 Å². The van der Waals surface area contributed by atoms with Crippen LogP contribution in [0.2, 0.25) is 0 Å². The lowest BCUT2D eigenvalue weighted by Gasteiger charge is -2.06. The van der Waals surface area contributed by atoms with Crippen LogP contribution in [0.3, 0.4) is 0 Å². The van der Waals surface area contributed by atoms with E-state index >= 15 is 0 Å². The minimum atomic E-state index is -3.32. The molecule has 0 spiro atoms. The third-order valence-electron chi connectivity index (χ3n) is 3.75. The maximum Gasteiger partial charge on any atom is 0.179 e. The molecule has 2 aromatic rings. The van der Waals surface area contributed by atoms with Crippen molar-refractivity contribution in [2.24, 2.45) is 0 Å². The van der Waals surface area contributed by atoms with Crippen LogP contribution in [-0.2, 0) is 19.7 Å². The fourth-order valence-corrected chi connectivity index (χ4v) is 6.64. The van der Waals surface area contributed by atoms with Gasteiger partial charge in [-0.1, -0.05) is 35.4 Å². The Labute approximate surface area is 154 Å². The standard InChI is InChI=1S/C18H22O4S3/c1-15-3-7-17(8-4-15)24(19,20)13-11-23-12-14-25(21,22)18-9-5-16(2)6-10-18/h3-10H,11-14H2,1-2H3. The minimum absolute atomic E-state index is 0.00526. The Hall–Kier alpha value is -1.31. The van der Waals surface area contributed by atoms with Crippen LogP contribution < -0.4 is 0 Å². The topological polar surface area (TPSA) is 68.3 Å².